The molecule has 0 unspecified atom stereocenters. The van der Waals surface area contributed by atoms with Gasteiger partial charge in [-0.05, 0) is 30.5 Å². The van der Waals surface area contributed by atoms with Gasteiger partial charge in [-0.25, -0.2) is 0 Å². The molecule has 1 aliphatic rings. The van der Waals surface area contributed by atoms with Crippen LogP contribution in [0, 0.1) is 0 Å². The molecular weight excluding hydrogens is 280 g/mol. The zero-order valence-electron chi connectivity index (χ0n) is 11.7. The molecule has 1 saturated carbocycles. The summed E-state index contributed by atoms with van der Waals surface area (Å²) in [7, 11) is -0.525. The first kappa shape index (κ1) is 15.2. The van der Waals surface area contributed by atoms with Gasteiger partial charge in [-0.15, -0.1) is 0 Å². The zero-order valence-corrected chi connectivity index (χ0v) is 12.5. The Morgan fingerprint density at radius 1 is 1.45 bits per heavy atom. The van der Waals surface area contributed by atoms with Crippen LogP contribution in [0.2, 0.25) is 0 Å². The molecule has 112 valence electrons. The van der Waals surface area contributed by atoms with Gasteiger partial charge in [0.15, 0.2) is 0 Å². The molecule has 0 radical (unpaired) electrons. The molecule has 1 aliphatic carbocycles. The van der Waals surface area contributed by atoms with Crippen LogP contribution in [0.25, 0.3) is 0 Å². The molecule has 2 rings (SSSR count). The summed E-state index contributed by atoms with van der Waals surface area (Å²) in [6.07, 6.45) is 1.35. The average molecular weight is 300 g/mol. The second kappa shape index (κ2) is 5.69. The second-order valence-corrected chi connectivity index (χ2v) is 6.93. The number of nitrogens with one attached hydrogen (secondary N) is 1. The maximum atomic E-state index is 12.2. The number of rotatable bonds is 7. The number of hydrogen-bond acceptors (Lipinski definition) is 4. The molecule has 2 N–H and O–H groups in total. The third-order valence-electron chi connectivity index (χ3n) is 3.45. The monoisotopic (exact) mass is 300 g/mol. The summed E-state index contributed by atoms with van der Waals surface area (Å²) in [6, 6.07) is 7.26. The van der Waals surface area contributed by atoms with E-state index in [-0.39, 0.29) is 13.2 Å². The number of methoxy groups -OCH3 is 1. The van der Waals surface area contributed by atoms with Gasteiger partial charge < -0.3 is 9.84 Å². The van der Waals surface area contributed by atoms with Gasteiger partial charge in [-0.2, -0.15) is 17.4 Å². The van der Waals surface area contributed by atoms with Gasteiger partial charge in [-0.3, -0.25) is 0 Å². The highest BCUT2D eigenvalue weighted by Gasteiger charge is 2.46. The summed E-state index contributed by atoms with van der Waals surface area (Å²) in [5.41, 5.74) is 0.188. The predicted molar refractivity (Wildman–Crippen MR) is 75.6 cm³/mol. The number of aliphatic hydroxyl groups is 1. The Bertz CT molecular complexity index is 569. The Kier molecular flexibility index (Phi) is 4.33. The van der Waals surface area contributed by atoms with Gasteiger partial charge in [0.05, 0.1) is 19.3 Å². The number of aliphatic hydroxyl groups excluding tert-OH is 1. The van der Waals surface area contributed by atoms with Gasteiger partial charge in [-0.1, -0.05) is 12.1 Å². The Morgan fingerprint density at radius 3 is 2.70 bits per heavy atom. The van der Waals surface area contributed by atoms with Gasteiger partial charge in [0.1, 0.15) is 5.75 Å². The lowest BCUT2D eigenvalue weighted by Crippen LogP contribution is -2.46. The lowest BCUT2D eigenvalue weighted by atomic mass is 10.2. The number of nitrogens with zero attached hydrogens (tertiary/aromatic N) is 1. The van der Waals surface area contributed by atoms with Crippen LogP contribution in [-0.2, 0) is 16.8 Å². The normalized spacial score (nSPS) is 17.2. The lowest BCUT2D eigenvalue weighted by Gasteiger charge is -2.22. The summed E-state index contributed by atoms with van der Waals surface area (Å²) >= 11 is 0. The summed E-state index contributed by atoms with van der Waals surface area (Å²) in [5, 5.41) is 9.20. The zero-order chi connectivity index (χ0) is 14.8. The second-order valence-electron chi connectivity index (χ2n) is 5.15. The summed E-state index contributed by atoms with van der Waals surface area (Å²) in [5.74, 6) is 0.690. The molecular formula is C13H20N2O4S. The molecule has 1 aromatic carbocycles. The molecule has 0 heterocycles. The van der Waals surface area contributed by atoms with Gasteiger partial charge >= 0.3 is 0 Å². The lowest BCUT2D eigenvalue weighted by molar-refractivity contribution is 0.244. The van der Waals surface area contributed by atoms with E-state index in [1.165, 1.54) is 11.4 Å². The number of ether oxygens (including phenoxy) is 1. The molecule has 0 saturated heterocycles. The molecule has 1 aromatic rings. The third kappa shape index (κ3) is 3.49. The van der Waals surface area contributed by atoms with Crippen molar-refractivity contribution >= 4 is 10.2 Å². The first-order valence-electron chi connectivity index (χ1n) is 6.40. The average Bonchev–Trinajstić information content (AvgIpc) is 3.18. The van der Waals surface area contributed by atoms with E-state index >= 15 is 0 Å². The van der Waals surface area contributed by atoms with Crippen molar-refractivity contribution in [2.75, 3.05) is 20.8 Å². The maximum absolute atomic E-state index is 12.2. The molecule has 0 aliphatic heterocycles. The van der Waals surface area contributed by atoms with E-state index < -0.39 is 15.7 Å². The Balaban J connectivity index is 2.04. The third-order valence-corrected chi connectivity index (χ3v) is 5.09. The Morgan fingerprint density at radius 2 is 2.15 bits per heavy atom. The largest absolute Gasteiger partial charge is 0.497 e. The molecule has 0 bridgehead atoms. The summed E-state index contributed by atoms with van der Waals surface area (Å²) < 4.78 is 33.3. The van der Waals surface area contributed by atoms with Crippen molar-refractivity contribution < 1.29 is 18.3 Å². The fourth-order valence-corrected chi connectivity index (χ4v) is 3.20. The molecule has 0 spiro atoms. The van der Waals surface area contributed by atoms with Crippen molar-refractivity contribution in [2.45, 2.75) is 24.9 Å². The van der Waals surface area contributed by atoms with Gasteiger partial charge in [0.2, 0.25) is 0 Å². The smallest absolute Gasteiger partial charge is 0.280 e. The van der Waals surface area contributed by atoms with Crippen molar-refractivity contribution in [3.63, 3.8) is 0 Å². The number of benzene rings is 1. The van der Waals surface area contributed by atoms with Crippen molar-refractivity contribution in [3.05, 3.63) is 29.8 Å². The molecule has 0 amide bonds. The van der Waals surface area contributed by atoms with Crippen molar-refractivity contribution in [3.8, 4) is 5.75 Å². The first-order chi connectivity index (χ1) is 9.41. The van der Waals surface area contributed by atoms with Crippen molar-refractivity contribution in [1.82, 2.24) is 9.03 Å². The Hall–Kier alpha value is -1.15. The molecule has 20 heavy (non-hydrogen) atoms. The van der Waals surface area contributed by atoms with Gasteiger partial charge in [0.25, 0.3) is 10.2 Å². The Labute approximate surface area is 119 Å². The van der Waals surface area contributed by atoms with E-state index in [4.69, 9.17) is 4.74 Å². The highest BCUT2D eigenvalue weighted by Crippen LogP contribution is 2.35. The minimum Gasteiger partial charge on any atom is -0.497 e. The molecule has 0 aromatic heterocycles. The van der Waals surface area contributed by atoms with E-state index in [0.717, 1.165) is 5.56 Å². The van der Waals surface area contributed by atoms with Crippen molar-refractivity contribution in [2.24, 2.45) is 0 Å². The van der Waals surface area contributed by atoms with Crippen LogP contribution in [0.3, 0.4) is 0 Å². The van der Waals surface area contributed by atoms with Crippen LogP contribution < -0.4 is 9.46 Å². The SMILES string of the molecule is COc1cccc(CN(C)S(=O)(=O)NC2(CO)CC2)c1. The summed E-state index contributed by atoms with van der Waals surface area (Å²) in [6.45, 7) is 0.0767. The van der Waals surface area contributed by atoms with Crippen LogP contribution >= 0.6 is 0 Å². The van der Waals surface area contributed by atoms with Crippen LogP contribution in [0.15, 0.2) is 24.3 Å². The van der Waals surface area contributed by atoms with E-state index in [1.54, 1.807) is 19.2 Å². The van der Waals surface area contributed by atoms with E-state index in [1.807, 2.05) is 12.1 Å². The molecule has 1 fully saturated rings. The quantitative estimate of drug-likeness (QED) is 0.768. The molecule has 6 nitrogen and oxygen atoms in total. The van der Waals surface area contributed by atoms with Crippen LogP contribution in [-0.4, -0.2) is 44.1 Å². The van der Waals surface area contributed by atoms with E-state index in [2.05, 4.69) is 4.72 Å². The highest BCUT2D eigenvalue weighted by molar-refractivity contribution is 7.87. The van der Waals surface area contributed by atoms with Crippen molar-refractivity contribution in [1.29, 1.82) is 0 Å². The summed E-state index contributed by atoms with van der Waals surface area (Å²) in [4.78, 5) is 0. The first-order valence-corrected chi connectivity index (χ1v) is 7.84. The maximum Gasteiger partial charge on any atom is 0.280 e. The fourth-order valence-electron chi connectivity index (χ4n) is 1.91. The highest BCUT2D eigenvalue weighted by atomic mass is 32.2. The topological polar surface area (TPSA) is 78.9 Å². The fraction of sp³-hybridized carbons (Fsp3) is 0.538. The minimum absolute atomic E-state index is 0.167. The van der Waals surface area contributed by atoms with E-state index in [0.29, 0.717) is 18.6 Å². The molecule has 0 atom stereocenters. The number of hydrogen-bond donors (Lipinski definition) is 2. The molecule has 7 heteroatoms. The van der Waals surface area contributed by atoms with Crippen LogP contribution in [0.5, 0.6) is 5.75 Å². The van der Waals surface area contributed by atoms with E-state index in [9.17, 15) is 13.5 Å². The van der Waals surface area contributed by atoms with Gasteiger partial charge in [0, 0.05) is 13.6 Å². The predicted octanol–water partition coefficient (Wildman–Crippen LogP) is 0.486. The van der Waals surface area contributed by atoms with Crippen LogP contribution in [0.1, 0.15) is 18.4 Å². The minimum atomic E-state index is -3.60. The standard InChI is InChI=1S/C13H20N2O4S/c1-15(9-11-4-3-5-12(8-11)19-2)20(17,18)14-13(10-16)6-7-13/h3-5,8,14,16H,6-7,9-10H2,1-2H3. The van der Waals surface area contributed by atoms with Crippen LogP contribution in [0.4, 0.5) is 0 Å².